The van der Waals surface area contributed by atoms with Crippen molar-refractivity contribution < 1.29 is 0 Å². The molecule has 0 fully saturated rings. The van der Waals surface area contributed by atoms with E-state index in [1.165, 1.54) is 4.68 Å². The van der Waals surface area contributed by atoms with E-state index in [-0.39, 0.29) is 6.00 Å². The minimum Gasteiger partial charge on any atom is -0.290 e. The number of halogens is 2. The molecule has 0 saturated heterocycles. The van der Waals surface area contributed by atoms with Crippen molar-refractivity contribution in [3.8, 4) is 0 Å². The summed E-state index contributed by atoms with van der Waals surface area (Å²) in [5.41, 5.74) is 0. The Hall–Kier alpha value is -0.0600. The first-order chi connectivity index (χ1) is 5.20. The third kappa shape index (κ3) is 1.58. The first kappa shape index (κ1) is 9.03. The van der Waals surface area contributed by atoms with Gasteiger partial charge in [-0.15, -0.1) is 23.2 Å². The highest BCUT2D eigenvalue weighted by Gasteiger charge is 2.03. The largest absolute Gasteiger partial charge is 0.290 e. The molecule has 0 unspecified atom stereocenters. The van der Waals surface area contributed by atoms with E-state index >= 15 is 0 Å². The average Bonchev–Trinajstić information content (AvgIpc) is 2.26. The molecule has 0 aliphatic rings. The summed E-state index contributed by atoms with van der Waals surface area (Å²) in [6.07, 6.45) is 0. The Balaban J connectivity index is 3.25. The number of nitrogens with zero attached hydrogens (tertiary/aromatic N) is 3. The number of aromatic nitrogens is 3. The lowest BCUT2D eigenvalue weighted by atomic mass is 10.7. The maximum absolute atomic E-state index is 5.61. The number of alkyl halides is 2. The molecule has 62 valence electrons. The average molecular weight is 212 g/mol. The summed E-state index contributed by atoms with van der Waals surface area (Å²) < 4.78 is 3.79. The molecule has 1 heterocycles. The molecule has 1 rings (SSSR count). The fourth-order valence-electron chi connectivity index (χ4n) is 0.765. The molecule has 0 bridgehead atoms. The first-order valence-corrected chi connectivity index (χ1v) is 4.44. The molecule has 0 aromatic carbocycles. The second-order valence-corrected chi connectivity index (χ2v) is 2.84. The van der Waals surface area contributed by atoms with Crippen LogP contribution in [0.2, 0.25) is 0 Å². The van der Waals surface area contributed by atoms with Crippen LogP contribution >= 0.6 is 35.4 Å². The van der Waals surface area contributed by atoms with Crippen LogP contribution in [0.4, 0.5) is 0 Å². The molecule has 0 radical (unpaired) electrons. The minimum absolute atomic E-state index is 0.267. The van der Waals surface area contributed by atoms with Gasteiger partial charge >= 0.3 is 0 Å². The van der Waals surface area contributed by atoms with Crippen LogP contribution in [0.25, 0.3) is 0 Å². The van der Waals surface area contributed by atoms with Gasteiger partial charge in [0.1, 0.15) is 17.8 Å². The second-order valence-electron chi connectivity index (χ2n) is 2.00. The molecule has 0 atom stereocenters. The van der Waals surface area contributed by atoms with Gasteiger partial charge in [0.25, 0.3) is 0 Å². The quantitative estimate of drug-likeness (QED) is 0.553. The summed E-state index contributed by atoms with van der Waals surface area (Å²) in [6.45, 7) is 1.83. The van der Waals surface area contributed by atoms with Gasteiger partial charge in [0, 0.05) is 0 Å². The Morgan fingerprint density at radius 2 is 2.09 bits per heavy atom. The summed E-state index contributed by atoms with van der Waals surface area (Å²) in [5, 5.41) is 4.06. The van der Waals surface area contributed by atoms with Crippen LogP contribution in [0.3, 0.4) is 0 Å². The highest BCUT2D eigenvalue weighted by Crippen LogP contribution is 2.02. The topological polar surface area (TPSA) is 22.8 Å². The fourth-order valence-corrected chi connectivity index (χ4v) is 1.66. The van der Waals surface area contributed by atoms with Crippen LogP contribution in [0.1, 0.15) is 5.82 Å². The van der Waals surface area contributed by atoms with E-state index in [9.17, 15) is 0 Å². The van der Waals surface area contributed by atoms with Gasteiger partial charge in [-0.05, 0) is 19.1 Å². The third-order valence-corrected chi connectivity index (χ3v) is 2.24. The van der Waals surface area contributed by atoms with Crippen LogP contribution < -0.4 is 0 Å². The number of hydrogen-bond acceptors (Lipinski definition) is 2. The molecule has 1 aromatic heterocycles. The second kappa shape index (κ2) is 3.56. The zero-order valence-corrected chi connectivity index (χ0v) is 8.25. The third-order valence-electron chi connectivity index (χ3n) is 1.34. The molecule has 0 aliphatic carbocycles. The van der Waals surface area contributed by atoms with Crippen molar-refractivity contribution in [3.05, 3.63) is 10.6 Å². The van der Waals surface area contributed by atoms with E-state index in [0.29, 0.717) is 10.8 Å². The standard InChI is InChI=1S/C5H7Cl2N3S/c1-4-8-10(3-7)5(11)9(4)2-6/h2-3H2,1H3. The maximum atomic E-state index is 5.61. The molecule has 0 amide bonds. The van der Waals surface area contributed by atoms with Crippen molar-refractivity contribution in [2.24, 2.45) is 0 Å². The van der Waals surface area contributed by atoms with Crippen molar-refractivity contribution in [3.63, 3.8) is 0 Å². The predicted molar refractivity (Wildman–Crippen MR) is 47.5 cm³/mol. The first-order valence-electron chi connectivity index (χ1n) is 2.97. The number of aryl methyl sites for hydroxylation is 1. The SMILES string of the molecule is Cc1nn(CCl)c(=S)n1CCl. The van der Waals surface area contributed by atoms with Crippen molar-refractivity contribution in [2.45, 2.75) is 18.9 Å². The van der Waals surface area contributed by atoms with Gasteiger partial charge in [0.2, 0.25) is 0 Å². The van der Waals surface area contributed by atoms with E-state index in [2.05, 4.69) is 5.10 Å². The summed E-state index contributed by atoms with van der Waals surface area (Å²) >= 11 is 16.2. The Morgan fingerprint density at radius 1 is 1.45 bits per heavy atom. The molecular formula is C5H7Cl2N3S. The zero-order valence-electron chi connectivity index (χ0n) is 5.92. The van der Waals surface area contributed by atoms with Gasteiger partial charge in [-0.25, -0.2) is 4.68 Å². The Kier molecular flexibility index (Phi) is 2.92. The Labute approximate surface area is 79.5 Å². The van der Waals surface area contributed by atoms with Crippen LogP contribution in [-0.2, 0) is 12.0 Å². The molecule has 0 N–H and O–H groups in total. The molecule has 0 aliphatic heterocycles. The maximum Gasteiger partial charge on any atom is 0.200 e. The summed E-state index contributed by atoms with van der Waals surface area (Å²) in [6, 6.07) is 0.588. The molecule has 6 heteroatoms. The van der Waals surface area contributed by atoms with E-state index < -0.39 is 0 Å². The van der Waals surface area contributed by atoms with Gasteiger partial charge in [-0.3, -0.25) is 4.57 Å². The van der Waals surface area contributed by atoms with Crippen LogP contribution in [0, 0.1) is 11.7 Å². The lowest BCUT2D eigenvalue weighted by Gasteiger charge is -1.93. The smallest absolute Gasteiger partial charge is 0.200 e. The lowest BCUT2D eigenvalue weighted by Crippen LogP contribution is -1.96. The molecule has 0 saturated carbocycles. The van der Waals surface area contributed by atoms with Crippen molar-refractivity contribution in [2.75, 3.05) is 0 Å². The molecule has 3 nitrogen and oxygen atoms in total. The van der Waals surface area contributed by atoms with E-state index in [4.69, 9.17) is 35.4 Å². The highest BCUT2D eigenvalue weighted by molar-refractivity contribution is 7.71. The van der Waals surface area contributed by atoms with Crippen LogP contribution in [0.5, 0.6) is 0 Å². The minimum atomic E-state index is 0.267. The summed E-state index contributed by atoms with van der Waals surface area (Å²) in [7, 11) is 0. The van der Waals surface area contributed by atoms with Gasteiger partial charge in [0.05, 0.1) is 0 Å². The molecule has 0 spiro atoms. The summed E-state index contributed by atoms with van der Waals surface area (Å²) in [5.74, 6) is 0.783. The lowest BCUT2D eigenvalue weighted by molar-refractivity contribution is 0.716. The fraction of sp³-hybridized carbons (Fsp3) is 0.600. The van der Waals surface area contributed by atoms with Crippen molar-refractivity contribution in [1.82, 2.24) is 14.3 Å². The number of hydrogen-bond donors (Lipinski definition) is 0. The van der Waals surface area contributed by atoms with E-state index in [1.807, 2.05) is 6.92 Å². The van der Waals surface area contributed by atoms with Gasteiger partial charge in [-0.1, -0.05) is 0 Å². The van der Waals surface area contributed by atoms with E-state index in [1.54, 1.807) is 4.57 Å². The van der Waals surface area contributed by atoms with Crippen molar-refractivity contribution in [1.29, 1.82) is 0 Å². The van der Waals surface area contributed by atoms with Crippen LogP contribution in [0.15, 0.2) is 0 Å². The van der Waals surface area contributed by atoms with Gasteiger partial charge in [-0.2, -0.15) is 5.10 Å². The normalized spacial score (nSPS) is 10.5. The number of rotatable bonds is 2. The van der Waals surface area contributed by atoms with Crippen LogP contribution in [-0.4, -0.2) is 14.3 Å². The molecular weight excluding hydrogens is 205 g/mol. The molecule has 11 heavy (non-hydrogen) atoms. The Bertz CT molecular complexity index is 303. The zero-order chi connectivity index (χ0) is 8.43. The van der Waals surface area contributed by atoms with Gasteiger partial charge < -0.3 is 0 Å². The Morgan fingerprint density at radius 3 is 2.36 bits per heavy atom. The highest BCUT2D eigenvalue weighted by atomic mass is 35.5. The predicted octanol–water partition coefficient (Wildman–Crippen LogP) is 2.12. The van der Waals surface area contributed by atoms with Gasteiger partial charge in [0.15, 0.2) is 4.77 Å². The van der Waals surface area contributed by atoms with Crippen molar-refractivity contribution >= 4 is 35.4 Å². The summed E-state index contributed by atoms with van der Waals surface area (Å²) in [4.78, 5) is 0. The monoisotopic (exact) mass is 211 g/mol. The van der Waals surface area contributed by atoms with E-state index in [0.717, 1.165) is 5.82 Å². The molecule has 1 aromatic rings.